The molecule has 0 aromatic rings. The van der Waals surface area contributed by atoms with Gasteiger partial charge in [0, 0.05) is 0 Å². The zero-order valence-corrected chi connectivity index (χ0v) is 12.5. The molecule has 1 atom stereocenters. The molecule has 0 radical (unpaired) electrons. The molecule has 0 fully saturated rings. The summed E-state index contributed by atoms with van der Waals surface area (Å²) in [5, 5.41) is 37.9. The van der Waals surface area contributed by atoms with Crippen LogP contribution < -0.4 is 0 Å². The van der Waals surface area contributed by atoms with E-state index in [2.05, 4.69) is 0 Å². The molecule has 0 aromatic carbocycles. The Bertz CT molecular complexity index is 396. The molecule has 0 saturated heterocycles. The number of rotatable bonds is 10. The van der Waals surface area contributed by atoms with Crippen LogP contribution in [0.3, 0.4) is 0 Å². The van der Waals surface area contributed by atoms with Crippen LogP contribution in [0.15, 0.2) is 0 Å². The maximum atomic E-state index is 11.5. The molecule has 20 heavy (non-hydrogen) atoms. The Morgan fingerprint density at radius 1 is 1.20 bits per heavy atom. The average molecular weight is 311 g/mol. The summed E-state index contributed by atoms with van der Waals surface area (Å²) in [6.45, 7) is 1.49. The van der Waals surface area contributed by atoms with E-state index in [4.69, 9.17) is 5.11 Å². The molecule has 0 amide bonds. The van der Waals surface area contributed by atoms with Crippen molar-refractivity contribution in [2.75, 3.05) is 26.4 Å². The molecule has 0 rings (SSSR count). The number of hydrogen-bond acceptors (Lipinski definition) is 8. The topological polar surface area (TPSA) is 135 Å². The van der Waals surface area contributed by atoms with Gasteiger partial charge in [-0.25, -0.2) is 0 Å². The van der Waals surface area contributed by atoms with Gasteiger partial charge in [-0.3, -0.25) is 0 Å². The molecule has 0 aliphatic rings. The molecule has 0 bridgehead atoms. The fourth-order valence-corrected chi connectivity index (χ4v) is 2.94. The van der Waals surface area contributed by atoms with Crippen LogP contribution in [-0.2, 0) is 14.4 Å². The van der Waals surface area contributed by atoms with E-state index in [9.17, 15) is 28.4 Å². The molecule has 0 aliphatic heterocycles. The van der Waals surface area contributed by atoms with Gasteiger partial charge in [-0.1, -0.05) is 0 Å². The van der Waals surface area contributed by atoms with E-state index in [0.717, 1.165) is 4.90 Å². The van der Waals surface area contributed by atoms with Gasteiger partial charge in [0.25, 0.3) is 0 Å². The number of nitrogens with zero attached hydrogens (tertiary/aromatic N) is 1. The average Bonchev–Trinajstić information content (AvgIpc) is 2.41. The summed E-state index contributed by atoms with van der Waals surface area (Å²) in [7, 11) is -4.49. The van der Waals surface area contributed by atoms with Gasteiger partial charge in [0.05, 0.1) is 0 Å². The van der Waals surface area contributed by atoms with Crippen molar-refractivity contribution in [1.82, 2.24) is 4.90 Å². The van der Waals surface area contributed by atoms with E-state index in [1.807, 2.05) is 0 Å². The summed E-state index contributed by atoms with van der Waals surface area (Å²) in [6, 6.07) is 0. The Kier molecular flexibility index (Phi) is 8.00. The number of aliphatic hydroxyl groups is 4. The third kappa shape index (κ3) is 4.57. The van der Waals surface area contributed by atoms with Gasteiger partial charge in [0.1, 0.15) is 0 Å². The van der Waals surface area contributed by atoms with Gasteiger partial charge < -0.3 is 0 Å². The Balaban J connectivity index is 5.65. The second kappa shape index (κ2) is 8.15. The van der Waals surface area contributed by atoms with E-state index >= 15 is 0 Å². The summed E-state index contributed by atoms with van der Waals surface area (Å²) in [5.74, 6) is -0.0263. The zero-order valence-electron chi connectivity index (χ0n) is 11.6. The Labute approximate surface area is 119 Å². The van der Waals surface area contributed by atoms with Crippen LogP contribution in [0.5, 0.6) is 0 Å². The van der Waals surface area contributed by atoms with Crippen molar-refractivity contribution >= 4 is 16.1 Å². The van der Waals surface area contributed by atoms with Crippen LogP contribution in [0.1, 0.15) is 20.3 Å². The standard InChI is InChI=1S/C10H22BNO7S/c1-8(2)5-10(6-14,7-15)12(3-4-13)9(16)20(18,19)11-17/h8-9,13-16H,3-7H2,1-2H3. The van der Waals surface area contributed by atoms with E-state index in [1.54, 1.807) is 13.8 Å². The predicted octanol–water partition coefficient (Wildman–Crippen LogP) is -2.29. The molecule has 0 aromatic heterocycles. The summed E-state index contributed by atoms with van der Waals surface area (Å²) in [4.78, 5) is 0.844. The summed E-state index contributed by atoms with van der Waals surface area (Å²) in [5.41, 5.74) is -3.68. The van der Waals surface area contributed by atoms with Crippen molar-refractivity contribution in [3.8, 4) is 0 Å². The number of β-amino-alcohol motifs (C(OH)–C–C–N with tert-alkyl or cyclic N) is 1. The molecule has 0 spiro atoms. The van der Waals surface area contributed by atoms with Gasteiger partial charge in [-0.05, 0) is 0 Å². The first-order chi connectivity index (χ1) is 9.20. The second-order valence-corrected chi connectivity index (χ2v) is 6.86. The molecule has 4 N–H and O–H groups in total. The van der Waals surface area contributed by atoms with Crippen molar-refractivity contribution in [2.45, 2.75) is 31.4 Å². The zero-order chi connectivity index (χ0) is 16.0. The van der Waals surface area contributed by atoms with E-state index in [0.29, 0.717) is 0 Å². The SMILES string of the molecule is CC(C)CC(CO)(CO)N(CCO)C(O)S(=O)(=O)B=O. The van der Waals surface area contributed by atoms with Crippen molar-refractivity contribution < 1.29 is 33.5 Å². The van der Waals surface area contributed by atoms with E-state index in [-0.39, 0.29) is 18.9 Å². The Hall–Kier alpha value is -0.385. The van der Waals surface area contributed by atoms with Crippen LogP contribution in [0.25, 0.3) is 0 Å². The molecule has 1 unspecified atom stereocenters. The summed E-state index contributed by atoms with van der Waals surface area (Å²) in [6.07, 6.45) is -0.220. The molecule has 0 heterocycles. The fraction of sp³-hybridized carbons (Fsp3) is 1.00. The molecular formula is C10H22BNO7S. The van der Waals surface area contributed by atoms with Gasteiger partial charge in [0.2, 0.25) is 0 Å². The Morgan fingerprint density at radius 2 is 1.70 bits per heavy atom. The first-order valence-electron chi connectivity index (χ1n) is 6.17. The fourth-order valence-electron chi connectivity index (χ4n) is 2.15. The van der Waals surface area contributed by atoms with Crippen LogP contribution >= 0.6 is 0 Å². The summed E-state index contributed by atoms with van der Waals surface area (Å²) >= 11 is 0. The first-order valence-corrected chi connectivity index (χ1v) is 7.78. The Morgan fingerprint density at radius 3 is 2.00 bits per heavy atom. The quantitative estimate of drug-likeness (QED) is 0.261. The monoisotopic (exact) mass is 311 g/mol. The first kappa shape index (κ1) is 19.6. The second-order valence-electron chi connectivity index (χ2n) is 5.07. The van der Waals surface area contributed by atoms with Crippen molar-refractivity contribution in [3.05, 3.63) is 0 Å². The van der Waals surface area contributed by atoms with Crippen molar-refractivity contribution in [3.63, 3.8) is 0 Å². The molecule has 10 heteroatoms. The molecule has 118 valence electrons. The minimum absolute atomic E-state index is 0.0263. The van der Waals surface area contributed by atoms with Crippen molar-refractivity contribution in [2.24, 2.45) is 5.92 Å². The van der Waals surface area contributed by atoms with Crippen LogP contribution in [0.2, 0.25) is 0 Å². The van der Waals surface area contributed by atoms with Gasteiger partial charge in [-0.15, -0.1) is 0 Å². The van der Waals surface area contributed by atoms with Crippen LogP contribution in [0.4, 0.5) is 0 Å². The van der Waals surface area contributed by atoms with E-state index in [1.165, 1.54) is 0 Å². The van der Waals surface area contributed by atoms with Gasteiger partial charge in [0.15, 0.2) is 0 Å². The van der Waals surface area contributed by atoms with Gasteiger partial charge >= 0.3 is 118 Å². The normalized spacial score (nSPS) is 14.6. The van der Waals surface area contributed by atoms with E-state index < -0.39 is 47.0 Å². The molecular weight excluding hydrogens is 289 g/mol. The van der Waals surface area contributed by atoms with Crippen LogP contribution in [0, 0.1) is 5.92 Å². The molecule has 8 nitrogen and oxygen atoms in total. The molecule has 0 aliphatic carbocycles. The maximum absolute atomic E-state index is 11.5. The predicted molar refractivity (Wildman–Crippen MR) is 71.5 cm³/mol. The molecule has 0 saturated carbocycles. The van der Waals surface area contributed by atoms with Crippen LogP contribution in [-0.4, -0.2) is 77.6 Å². The number of hydrogen-bond donors (Lipinski definition) is 4. The minimum atomic E-state index is -4.49. The van der Waals surface area contributed by atoms with Gasteiger partial charge in [-0.2, -0.15) is 0 Å². The third-order valence-corrected chi connectivity index (χ3v) is 4.13. The summed E-state index contributed by atoms with van der Waals surface area (Å²) < 4.78 is 33.5. The number of aliphatic hydroxyl groups excluding tert-OH is 4. The third-order valence-electron chi connectivity index (χ3n) is 3.02. The van der Waals surface area contributed by atoms with Crippen molar-refractivity contribution in [1.29, 1.82) is 0 Å².